The molecule has 0 bridgehead atoms. The number of nitrogens with zero attached hydrogens (tertiary/aromatic N) is 2. The van der Waals surface area contributed by atoms with Crippen LogP contribution in [0.15, 0.2) is 24.3 Å². The molecule has 2 atom stereocenters. The molecular formula is C16H17N2O6+. The van der Waals surface area contributed by atoms with Gasteiger partial charge in [-0.1, -0.05) is 12.1 Å². The average Bonchev–Trinajstić information content (AvgIpc) is 2.53. The lowest BCUT2D eigenvalue weighted by atomic mass is 9.94. The van der Waals surface area contributed by atoms with Gasteiger partial charge in [0.25, 0.3) is 5.52 Å². The normalized spacial score (nSPS) is 19.6. The second-order valence-electron chi connectivity index (χ2n) is 5.64. The molecule has 1 aromatic carbocycles. The van der Waals surface area contributed by atoms with Crippen LogP contribution in [0.4, 0.5) is 0 Å². The third-order valence-corrected chi connectivity index (χ3v) is 3.96. The molecule has 126 valence electrons. The molecule has 0 fully saturated rings. The molecule has 0 saturated heterocycles. The van der Waals surface area contributed by atoms with Gasteiger partial charge in [0.1, 0.15) is 0 Å². The van der Waals surface area contributed by atoms with Gasteiger partial charge in [0.15, 0.2) is 23.4 Å². The number of ether oxygens (including phenoxy) is 2. The van der Waals surface area contributed by atoms with E-state index in [1.807, 2.05) is 0 Å². The monoisotopic (exact) mass is 333 g/mol. The number of hydrogen-bond acceptors (Lipinski definition) is 6. The van der Waals surface area contributed by atoms with Gasteiger partial charge in [-0.3, -0.25) is 9.59 Å². The first-order valence-corrected chi connectivity index (χ1v) is 7.54. The number of carbonyl (C=O) groups excluding carboxylic acids is 2. The average molecular weight is 333 g/mol. The molecule has 0 unspecified atom stereocenters. The smallest absolute Gasteiger partial charge is 0.307 e. The predicted octanol–water partition coefficient (Wildman–Crippen LogP) is 1.80. The topological polar surface area (TPSA) is 101 Å². The minimum absolute atomic E-state index is 0.0731. The number of rotatable bonds is 2. The fourth-order valence-corrected chi connectivity index (χ4v) is 3.09. The molecule has 8 heteroatoms. The Hall–Kier alpha value is -2.90. The van der Waals surface area contributed by atoms with Crippen molar-refractivity contribution in [3.63, 3.8) is 0 Å². The highest BCUT2D eigenvalue weighted by atomic mass is 16.6. The number of esters is 2. The summed E-state index contributed by atoms with van der Waals surface area (Å²) in [5.74, 6) is -1.06. The van der Waals surface area contributed by atoms with Gasteiger partial charge in [0.2, 0.25) is 0 Å². The molecule has 0 saturated carbocycles. The van der Waals surface area contributed by atoms with E-state index in [2.05, 4.69) is 0 Å². The van der Waals surface area contributed by atoms with Crippen molar-refractivity contribution in [1.29, 1.82) is 0 Å². The Kier molecular flexibility index (Phi) is 3.96. The minimum atomic E-state index is -0.815. The van der Waals surface area contributed by atoms with Gasteiger partial charge in [0, 0.05) is 24.8 Å². The van der Waals surface area contributed by atoms with Crippen LogP contribution in [0.1, 0.15) is 50.3 Å². The van der Waals surface area contributed by atoms with E-state index < -0.39 is 24.1 Å². The van der Waals surface area contributed by atoms with Crippen molar-refractivity contribution >= 4 is 23.0 Å². The van der Waals surface area contributed by atoms with Crippen LogP contribution in [0.5, 0.6) is 0 Å². The third-order valence-electron chi connectivity index (χ3n) is 3.96. The van der Waals surface area contributed by atoms with Crippen LogP contribution >= 0.6 is 0 Å². The summed E-state index contributed by atoms with van der Waals surface area (Å²) in [5, 5.41) is 10.6. The summed E-state index contributed by atoms with van der Waals surface area (Å²) in [7, 11) is 0. The Bertz CT molecular complexity index is 888. The Morgan fingerprint density at radius 2 is 1.71 bits per heavy atom. The van der Waals surface area contributed by atoms with E-state index in [4.69, 9.17) is 9.47 Å². The predicted molar refractivity (Wildman–Crippen MR) is 80.7 cm³/mol. The highest BCUT2D eigenvalue weighted by molar-refractivity contribution is 5.72. The fraction of sp³-hybridized carbons (Fsp3) is 0.375. The standard InChI is InChI=1S/C16H17N2O6/c1-9(19)23-13-7-8-14(24-10(2)20)16-15(13)17(21)11-5-3-4-6-12(11)18(16)22/h3-6,13-14,21H,7-8H2,1-2H3/q+1/t13-,14-/m0/s1. The molecule has 8 nitrogen and oxygen atoms in total. The maximum atomic E-state index is 12.8. The first kappa shape index (κ1) is 16.0. The van der Waals surface area contributed by atoms with Crippen molar-refractivity contribution in [2.45, 2.75) is 38.9 Å². The molecule has 0 amide bonds. The summed E-state index contributed by atoms with van der Waals surface area (Å²) in [5.41, 5.74) is 0.687. The molecule has 0 aliphatic heterocycles. The lowest BCUT2D eigenvalue weighted by Crippen LogP contribution is -2.36. The highest BCUT2D eigenvalue weighted by Crippen LogP contribution is 2.39. The number of fused-ring (bicyclic) bond motifs is 2. The fourth-order valence-electron chi connectivity index (χ4n) is 3.09. The highest BCUT2D eigenvalue weighted by Gasteiger charge is 2.43. The van der Waals surface area contributed by atoms with E-state index in [1.54, 1.807) is 24.3 Å². The minimum Gasteiger partial charge on any atom is -0.456 e. The van der Waals surface area contributed by atoms with E-state index >= 15 is 0 Å². The van der Waals surface area contributed by atoms with Gasteiger partial charge in [-0.2, -0.15) is 4.73 Å². The van der Waals surface area contributed by atoms with Gasteiger partial charge in [-0.25, -0.2) is 0 Å². The van der Waals surface area contributed by atoms with Crippen molar-refractivity contribution in [3.8, 4) is 0 Å². The number of benzene rings is 1. The zero-order valence-corrected chi connectivity index (χ0v) is 13.3. The second kappa shape index (κ2) is 5.95. The van der Waals surface area contributed by atoms with Crippen molar-refractivity contribution in [3.05, 3.63) is 40.6 Å². The number of aromatic nitrogens is 2. The quantitative estimate of drug-likeness (QED) is 0.511. The van der Waals surface area contributed by atoms with Crippen LogP contribution in [-0.2, 0) is 19.1 Å². The zero-order valence-electron chi connectivity index (χ0n) is 13.3. The van der Waals surface area contributed by atoms with Crippen molar-refractivity contribution in [1.82, 2.24) is 4.73 Å². The van der Waals surface area contributed by atoms with Crippen LogP contribution in [0.25, 0.3) is 11.0 Å². The first-order valence-electron chi connectivity index (χ1n) is 7.54. The molecular weight excluding hydrogens is 316 g/mol. The van der Waals surface area contributed by atoms with Gasteiger partial charge >= 0.3 is 17.6 Å². The number of hydrogen-bond donors (Lipinski definition) is 1. The van der Waals surface area contributed by atoms with E-state index in [0.717, 1.165) is 4.73 Å². The Balaban J connectivity index is 2.30. The molecule has 24 heavy (non-hydrogen) atoms. The molecule has 0 spiro atoms. The van der Waals surface area contributed by atoms with Crippen molar-refractivity contribution in [2.24, 2.45) is 0 Å². The van der Waals surface area contributed by atoms with Gasteiger partial charge in [0.05, 0.1) is 4.43 Å². The zero-order chi connectivity index (χ0) is 17.4. The summed E-state index contributed by atoms with van der Waals surface area (Å²) in [4.78, 5) is 35.5. The van der Waals surface area contributed by atoms with Crippen LogP contribution in [-0.4, -0.2) is 21.9 Å². The summed E-state index contributed by atoms with van der Waals surface area (Å²) in [6.45, 7) is 2.51. The van der Waals surface area contributed by atoms with E-state index in [9.17, 15) is 19.7 Å². The largest absolute Gasteiger partial charge is 0.456 e. The second-order valence-corrected chi connectivity index (χ2v) is 5.64. The molecule has 1 N–H and O–H groups in total. The van der Waals surface area contributed by atoms with Gasteiger partial charge < -0.3 is 14.7 Å². The first-order chi connectivity index (χ1) is 11.4. The molecule has 1 aromatic heterocycles. The van der Waals surface area contributed by atoms with Crippen LogP contribution in [0.2, 0.25) is 0 Å². The molecule has 2 aromatic rings. The maximum absolute atomic E-state index is 12.8. The maximum Gasteiger partial charge on any atom is 0.307 e. The molecule has 1 heterocycles. The van der Waals surface area contributed by atoms with Crippen LogP contribution < -0.4 is 4.43 Å². The molecule has 1 aliphatic rings. The van der Waals surface area contributed by atoms with Gasteiger partial charge in [-0.05, 0) is 18.9 Å². The van der Waals surface area contributed by atoms with Crippen molar-refractivity contribution in [2.75, 3.05) is 0 Å². The molecule has 0 radical (unpaired) electrons. The summed E-state index contributed by atoms with van der Waals surface area (Å²) in [6, 6.07) is 6.46. The van der Waals surface area contributed by atoms with E-state index in [0.29, 0.717) is 17.3 Å². The summed E-state index contributed by atoms with van der Waals surface area (Å²) >= 11 is 0. The Labute approximate surface area is 136 Å². The van der Waals surface area contributed by atoms with E-state index in [1.165, 1.54) is 13.8 Å². The SMILES string of the molecule is CC(=O)O[C@H]1CC[C@H](OC(C)=O)c2c1n(O)c1ccccc1[n+]2=O. The third kappa shape index (κ3) is 2.60. The molecule has 3 rings (SSSR count). The van der Waals surface area contributed by atoms with Gasteiger partial charge in [-0.15, -0.1) is 0 Å². The Morgan fingerprint density at radius 1 is 1.12 bits per heavy atom. The summed E-state index contributed by atoms with van der Waals surface area (Å²) < 4.78 is 11.9. The number of para-hydroxylation sites is 2. The van der Waals surface area contributed by atoms with Crippen LogP contribution in [0, 0.1) is 4.91 Å². The lowest BCUT2D eigenvalue weighted by Gasteiger charge is -2.27. The van der Waals surface area contributed by atoms with Crippen LogP contribution in [0.3, 0.4) is 0 Å². The Morgan fingerprint density at radius 3 is 2.38 bits per heavy atom. The van der Waals surface area contributed by atoms with E-state index in [-0.39, 0.29) is 22.4 Å². The lowest BCUT2D eigenvalue weighted by molar-refractivity contribution is -0.485. The molecule has 1 aliphatic carbocycles. The number of carbonyl (C=O) groups is 2. The van der Waals surface area contributed by atoms with Crippen molar-refractivity contribution < 1.29 is 28.7 Å². The summed E-state index contributed by atoms with van der Waals surface area (Å²) in [6.07, 6.45) is -0.974.